The highest BCUT2D eigenvalue weighted by molar-refractivity contribution is 6.01. The molecule has 8 nitrogen and oxygen atoms in total. The second-order valence-corrected chi connectivity index (χ2v) is 8.96. The highest BCUT2D eigenvalue weighted by atomic mass is 16.6. The van der Waals surface area contributed by atoms with Gasteiger partial charge >= 0.3 is 5.97 Å². The maximum absolute atomic E-state index is 13.1. The van der Waals surface area contributed by atoms with E-state index in [4.69, 9.17) is 4.74 Å². The fourth-order valence-corrected chi connectivity index (χ4v) is 3.35. The summed E-state index contributed by atoms with van der Waals surface area (Å²) in [6.45, 7) is 5.74. The molecule has 0 spiro atoms. The van der Waals surface area contributed by atoms with Crippen LogP contribution >= 0.6 is 0 Å². The molecule has 1 unspecified atom stereocenters. The number of hydrogen-bond acceptors (Lipinski definition) is 6. The Morgan fingerprint density at radius 2 is 1.49 bits per heavy atom. The van der Waals surface area contributed by atoms with Gasteiger partial charge in [0.05, 0.1) is 4.92 Å². The summed E-state index contributed by atoms with van der Waals surface area (Å²) in [5.74, 6) is -1.77. The highest BCUT2D eigenvalue weighted by Crippen LogP contribution is 2.25. The molecule has 3 rings (SSSR count). The van der Waals surface area contributed by atoms with E-state index in [2.05, 4.69) is 26.1 Å². The normalized spacial score (nSPS) is 11.9. The minimum atomic E-state index is -1.33. The summed E-state index contributed by atoms with van der Waals surface area (Å²) in [4.78, 5) is 48.5. The van der Waals surface area contributed by atoms with Crippen molar-refractivity contribution in [3.05, 3.63) is 111 Å². The molecule has 180 valence electrons. The van der Waals surface area contributed by atoms with Crippen molar-refractivity contribution < 1.29 is 24.0 Å². The highest BCUT2D eigenvalue weighted by Gasteiger charge is 2.27. The van der Waals surface area contributed by atoms with Gasteiger partial charge in [-0.2, -0.15) is 0 Å². The summed E-state index contributed by atoms with van der Waals surface area (Å²) in [6.07, 6.45) is -1.33. The molecule has 3 aromatic carbocycles. The summed E-state index contributed by atoms with van der Waals surface area (Å²) in [7, 11) is 0. The number of ether oxygens (including phenoxy) is 1. The molecule has 1 N–H and O–H groups in total. The summed E-state index contributed by atoms with van der Waals surface area (Å²) < 4.78 is 5.43. The van der Waals surface area contributed by atoms with Crippen LogP contribution in [0.25, 0.3) is 0 Å². The zero-order valence-corrected chi connectivity index (χ0v) is 19.7. The summed E-state index contributed by atoms with van der Waals surface area (Å²) in [6, 6.07) is 20.5. The molecule has 0 heterocycles. The third kappa shape index (κ3) is 6.60. The lowest BCUT2D eigenvalue weighted by Crippen LogP contribution is -2.32. The number of amides is 1. The lowest BCUT2D eigenvalue weighted by atomic mass is 9.87. The van der Waals surface area contributed by atoms with Gasteiger partial charge in [0.1, 0.15) is 6.54 Å². The van der Waals surface area contributed by atoms with Crippen molar-refractivity contribution in [3.63, 3.8) is 0 Å². The topological polar surface area (TPSA) is 116 Å². The molecular formula is C27H26N2O6. The van der Waals surface area contributed by atoms with E-state index in [9.17, 15) is 24.5 Å². The van der Waals surface area contributed by atoms with Gasteiger partial charge in [-0.15, -0.1) is 0 Å². The van der Waals surface area contributed by atoms with Crippen molar-refractivity contribution in [2.45, 2.75) is 32.3 Å². The Hall–Kier alpha value is -4.33. The average Bonchev–Trinajstić information content (AvgIpc) is 2.85. The van der Waals surface area contributed by atoms with Crippen molar-refractivity contribution in [3.8, 4) is 0 Å². The smallest absolute Gasteiger partial charge is 0.326 e. The van der Waals surface area contributed by atoms with Crippen LogP contribution in [0.1, 0.15) is 58.7 Å². The van der Waals surface area contributed by atoms with Crippen LogP contribution < -0.4 is 5.32 Å². The Morgan fingerprint density at radius 1 is 0.886 bits per heavy atom. The number of nitro benzene ring substituents is 1. The van der Waals surface area contributed by atoms with Gasteiger partial charge in [-0.1, -0.05) is 63.2 Å². The van der Waals surface area contributed by atoms with Gasteiger partial charge < -0.3 is 10.1 Å². The Labute approximate surface area is 203 Å². The Balaban J connectivity index is 1.72. The van der Waals surface area contributed by atoms with Crippen LogP contribution in [0.3, 0.4) is 0 Å². The molecule has 1 amide bonds. The first-order valence-electron chi connectivity index (χ1n) is 11.0. The lowest BCUT2D eigenvalue weighted by Gasteiger charge is -2.19. The van der Waals surface area contributed by atoms with Gasteiger partial charge in [0.25, 0.3) is 11.6 Å². The quantitative estimate of drug-likeness (QED) is 0.217. The molecule has 0 aliphatic heterocycles. The molecule has 3 aromatic rings. The fourth-order valence-electron chi connectivity index (χ4n) is 3.35. The average molecular weight is 475 g/mol. The van der Waals surface area contributed by atoms with E-state index in [1.54, 1.807) is 42.5 Å². The molecule has 0 saturated heterocycles. The van der Waals surface area contributed by atoms with E-state index in [0.29, 0.717) is 11.1 Å². The molecule has 0 bridgehead atoms. The van der Waals surface area contributed by atoms with Crippen LogP contribution in [0.4, 0.5) is 5.69 Å². The Kier molecular flexibility index (Phi) is 7.76. The molecule has 8 heteroatoms. The second-order valence-electron chi connectivity index (χ2n) is 8.96. The summed E-state index contributed by atoms with van der Waals surface area (Å²) in [5.41, 5.74) is 1.83. The van der Waals surface area contributed by atoms with E-state index in [0.717, 1.165) is 5.56 Å². The van der Waals surface area contributed by atoms with Gasteiger partial charge in [0.2, 0.25) is 5.78 Å². The molecule has 35 heavy (non-hydrogen) atoms. The Bertz CT molecular complexity index is 1210. The first-order chi connectivity index (χ1) is 16.6. The van der Waals surface area contributed by atoms with Gasteiger partial charge in [-0.3, -0.25) is 24.5 Å². The number of esters is 1. The monoisotopic (exact) mass is 474 g/mol. The first kappa shape index (κ1) is 25.3. The number of carbonyl (C=O) groups excluding carboxylic acids is 3. The number of benzene rings is 3. The van der Waals surface area contributed by atoms with Gasteiger partial charge in [0.15, 0.2) is 6.10 Å². The number of hydrogen-bond donors (Lipinski definition) is 1. The largest absolute Gasteiger partial charge is 0.448 e. The molecule has 0 fully saturated rings. The van der Waals surface area contributed by atoms with E-state index in [-0.39, 0.29) is 16.7 Å². The number of nitrogens with one attached hydrogen (secondary N) is 1. The first-order valence-corrected chi connectivity index (χ1v) is 11.0. The van der Waals surface area contributed by atoms with Crippen molar-refractivity contribution in [2.24, 2.45) is 0 Å². The number of nitro groups is 1. The minimum Gasteiger partial charge on any atom is -0.448 e. The maximum Gasteiger partial charge on any atom is 0.326 e. The maximum atomic E-state index is 13.1. The molecule has 0 aliphatic rings. The minimum absolute atomic E-state index is 0.0585. The van der Waals surface area contributed by atoms with Crippen LogP contribution in [-0.4, -0.2) is 29.1 Å². The van der Waals surface area contributed by atoms with E-state index in [1.807, 2.05) is 12.1 Å². The lowest BCUT2D eigenvalue weighted by molar-refractivity contribution is -0.384. The van der Waals surface area contributed by atoms with Crippen molar-refractivity contribution >= 4 is 23.3 Å². The summed E-state index contributed by atoms with van der Waals surface area (Å²) >= 11 is 0. The van der Waals surface area contributed by atoms with Gasteiger partial charge in [-0.05, 0) is 35.2 Å². The van der Waals surface area contributed by atoms with Crippen LogP contribution in [0, 0.1) is 10.1 Å². The fraction of sp³-hybridized carbons (Fsp3) is 0.222. The second kappa shape index (κ2) is 10.7. The number of ketones is 1. The van der Waals surface area contributed by atoms with Crippen LogP contribution in [0.15, 0.2) is 78.9 Å². The molecular weight excluding hydrogens is 448 g/mol. The van der Waals surface area contributed by atoms with Crippen molar-refractivity contribution in [1.29, 1.82) is 0 Å². The van der Waals surface area contributed by atoms with Crippen molar-refractivity contribution in [1.82, 2.24) is 5.32 Å². The van der Waals surface area contributed by atoms with Gasteiger partial charge in [-0.25, -0.2) is 0 Å². The molecule has 0 aliphatic carbocycles. The molecule has 1 atom stereocenters. The predicted octanol–water partition coefficient (Wildman–Crippen LogP) is 4.79. The third-order valence-electron chi connectivity index (χ3n) is 5.36. The number of rotatable bonds is 8. The van der Waals surface area contributed by atoms with Crippen LogP contribution in [-0.2, 0) is 14.9 Å². The van der Waals surface area contributed by atoms with Crippen LogP contribution in [0.5, 0.6) is 0 Å². The third-order valence-corrected chi connectivity index (χ3v) is 5.36. The SMILES string of the molecule is CC(C)(C)c1ccc(C(=O)NCC(=O)OC(C(=O)c2ccccc2)c2ccc([N+](=O)[O-])cc2)cc1. The molecule has 0 saturated carbocycles. The Morgan fingerprint density at radius 3 is 2.03 bits per heavy atom. The molecule has 0 aromatic heterocycles. The zero-order valence-electron chi connectivity index (χ0n) is 19.7. The van der Waals surface area contributed by atoms with Gasteiger partial charge in [0, 0.05) is 28.8 Å². The standard InChI is InChI=1S/C27H26N2O6/c1-27(2,3)21-13-9-20(10-14-21)26(32)28-17-23(30)35-25(24(31)18-7-5-4-6-8-18)19-11-15-22(16-12-19)29(33)34/h4-16,25H,17H2,1-3H3,(H,28,32). The zero-order chi connectivity index (χ0) is 25.6. The number of carbonyl (C=O) groups is 3. The predicted molar refractivity (Wildman–Crippen MR) is 130 cm³/mol. The molecule has 0 radical (unpaired) electrons. The number of Topliss-reactive ketones (excluding diaryl/α,β-unsaturated/α-hetero) is 1. The summed E-state index contributed by atoms with van der Waals surface area (Å²) in [5, 5.41) is 13.5. The van der Waals surface area contributed by atoms with Crippen molar-refractivity contribution in [2.75, 3.05) is 6.54 Å². The number of nitrogens with zero attached hydrogens (tertiary/aromatic N) is 1. The van der Waals surface area contributed by atoms with E-state index in [1.165, 1.54) is 24.3 Å². The van der Waals surface area contributed by atoms with E-state index >= 15 is 0 Å². The van der Waals surface area contributed by atoms with E-state index < -0.39 is 35.2 Å². The van der Waals surface area contributed by atoms with Crippen LogP contribution in [0.2, 0.25) is 0 Å². The number of non-ortho nitro benzene ring substituents is 1.